The summed E-state index contributed by atoms with van der Waals surface area (Å²) in [4.78, 5) is 4.17. The number of hydrogen-bond acceptors (Lipinski definition) is 2. The molecule has 0 unspecified atom stereocenters. The second-order valence-electron chi connectivity index (χ2n) is 3.20. The average molecular weight is 190 g/mol. The summed E-state index contributed by atoms with van der Waals surface area (Å²) in [6.45, 7) is 1.92. The van der Waals surface area contributed by atoms with Crippen LogP contribution in [0.4, 0.5) is 10.1 Å². The minimum absolute atomic E-state index is 0.233. The van der Waals surface area contributed by atoms with Gasteiger partial charge in [-0.2, -0.15) is 0 Å². The van der Waals surface area contributed by atoms with Crippen LogP contribution in [0.3, 0.4) is 0 Å². The van der Waals surface area contributed by atoms with E-state index in [1.165, 1.54) is 6.07 Å². The van der Waals surface area contributed by atoms with Gasteiger partial charge < -0.3 is 5.32 Å². The van der Waals surface area contributed by atoms with Crippen molar-refractivity contribution in [3.05, 3.63) is 35.8 Å². The molecule has 2 aromatic rings. The van der Waals surface area contributed by atoms with E-state index < -0.39 is 0 Å². The van der Waals surface area contributed by atoms with Crippen molar-refractivity contribution < 1.29 is 4.39 Å². The fourth-order valence-corrected chi connectivity index (χ4v) is 1.57. The zero-order valence-corrected chi connectivity index (χ0v) is 8.13. The lowest BCUT2D eigenvalue weighted by atomic mass is 10.1. The number of anilines is 1. The number of pyridine rings is 1. The maximum absolute atomic E-state index is 13.5. The van der Waals surface area contributed by atoms with Gasteiger partial charge in [0.25, 0.3) is 0 Å². The Bertz CT molecular complexity index is 480. The minimum atomic E-state index is -0.233. The Morgan fingerprint density at radius 3 is 2.79 bits per heavy atom. The van der Waals surface area contributed by atoms with Gasteiger partial charge >= 0.3 is 0 Å². The summed E-state index contributed by atoms with van der Waals surface area (Å²) < 4.78 is 13.5. The number of aromatic nitrogens is 1. The molecule has 0 saturated heterocycles. The first-order chi connectivity index (χ1) is 6.74. The molecule has 0 bridgehead atoms. The van der Waals surface area contributed by atoms with E-state index in [0.29, 0.717) is 5.39 Å². The van der Waals surface area contributed by atoms with Crippen molar-refractivity contribution in [2.75, 3.05) is 12.4 Å². The summed E-state index contributed by atoms with van der Waals surface area (Å²) in [5, 5.41) is 3.52. The van der Waals surface area contributed by atoms with Gasteiger partial charge in [-0.15, -0.1) is 0 Å². The molecule has 0 aliphatic carbocycles. The predicted octanol–water partition coefficient (Wildman–Crippen LogP) is 2.72. The van der Waals surface area contributed by atoms with Crippen molar-refractivity contribution in [1.82, 2.24) is 4.98 Å². The summed E-state index contributed by atoms with van der Waals surface area (Å²) >= 11 is 0. The number of nitrogens with zero attached hydrogens (tertiary/aromatic N) is 1. The second kappa shape index (κ2) is 3.25. The van der Waals surface area contributed by atoms with E-state index in [2.05, 4.69) is 10.3 Å². The van der Waals surface area contributed by atoms with Crippen molar-refractivity contribution in [3.8, 4) is 0 Å². The zero-order chi connectivity index (χ0) is 10.1. The number of fused-ring (bicyclic) bond motifs is 1. The van der Waals surface area contributed by atoms with Crippen molar-refractivity contribution in [3.63, 3.8) is 0 Å². The fourth-order valence-electron chi connectivity index (χ4n) is 1.57. The summed E-state index contributed by atoms with van der Waals surface area (Å²) in [6, 6.07) is 4.98. The third kappa shape index (κ3) is 1.21. The Morgan fingerprint density at radius 2 is 2.07 bits per heavy atom. The van der Waals surface area contributed by atoms with E-state index in [1.807, 2.05) is 6.92 Å². The van der Waals surface area contributed by atoms with Gasteiger partial charge in [0.15, 0.2) is 0 Å². The van der Waals surface area contributed by atoms with Crippen LogP contribution in [-0.2, 0) is 0 Å². The van der Waals surface area contributed by atoms with E-state index in [1.54, 1.807) is 25.4 Å². The number of aryl methyl sites for hydroxylation is 1. The minimum Gasteiger partial charge on any atom is -0.387 e. The van der Waals surface area contributed by atoms with Crippen LogP contribution in [0.2, 0.25) is 0 Å². The number of benzene rings is 1. The molecule has 2 nitrogen and oxygen atoms in total. The fraction of sp³-hybridized carbons (Fsp3) is 0.182. The predicted molar refractivity (Wildman–Crippen MR) is 56.0 cm³/mol. The van der Waals surface area contributed by atoms with Crippen LogP contribution >= 0.6 is 0 Å². The SMILES string of the molecule is CNc1ccnc2c(C)ccc(F)c12. The Kier molecular flexibility index (Phi) is 2.08. The van der Waals surface area contributed by atoms with E-state index in [9.17, 15) is 4.39 Å². The molecule has 0 saturated carbocycles. The molecule has 0 spiro atoms. The zero-order valence-electron chi connectivity index (χ0n) is 8.13. The highest BCUT2D eigenvalue weighted by Gasteiger charge is 2.07. The molecule has 0 atom stereocenters. The van der Waals surface area contributed by atoms with Gasteiger partial charge in [0, 0.05) is 18.9 Å². The normalized spacial score (nSPS) is 10.5. The Hall–Kier alpha value is -1.64. The number of halogens is 1. The van der Waals surface area contributed by atoms with E-state index >= 15 is 0 Å². The number of nitrogens with one attached hydrogen (secondary N) is 1. The van der Waals surface area contributed by atoms with Gasteiger partial charge in [-0.25, -0.2) is 4.39 Å². The quantitative estimate of drug-likeness (QED) is 0.747. The lowest BCUT2D eigenvalue weighted by Crippen LogP contribution is -1.94. The van der Waals surface area contributed by atoms with E-state index in [0.717, 1.165) is 16.8 Å². The van der Waals surface area contributed by atoms with Gasteiger partial charge in [-0.1, -0.05) is 6.07 Å². The molecule has 0 aliphatic heterocycles. The summed E-state index contributed by atoms with van der Waals surface area (Å²) in [5.74, 6) is -0.233. The highest BCUT2D eigenvalue weighted by atomic mass is 19.1. The molecule has 1 N–H and O–H groups in total. The van der Waals surface area contributed by atoms with Gasteiger partial charge in [0.1, 0.15) is 5.82 Å². The third-order valence-electron chi connectivity index (χ3n) is 2.31. The monoisotopic (exact) mass is 190 g/mol. The maximum atomic E-state index is 13.5. The summed E-state index contributed by atoms with van der Waals surface area (Å²) in [7, 11) is 1.77. The molecule has 0 fully saturated rings. The molecule has 14 heavy (non-hydrogen) atoms. The molecule has 0 amide bonds. The molecular weight excluding hydrogens is 179 g/mol. The Balaban J connectivity index is 2.92. The van der Waals surface area contributed by atoms with Crippen LogP contribution in [0.15, 0.2) is 24.4 Å². The van der Waals surface area contributed by atoms with Gasteiger partial charge in [-0.3, -0.25) is 4.98 Å². The Labute approximate surface area is 81.8 Å². The lowest BCUT2D eigenvalue weighted by Gasteiger charge is -2.07. The number of rotatable bonds is 1. The molecule has 2 rings (SSSR count). The highest BCUT2D eigenvalue weighted by molar-refractivity contribution is 5.93. The van der Waals surface area contributed by atoms with Crippen molar-refractivity contribution in [2.24, 2.45) is 0 Å². The molecule has 1 aromatic heterocycles. The first-order valence-corrected chi connectivity index (χ1v) is 4.45. The molecule has 72 valence electrons. The topological polar surface area (TPSA) is 24.9 Å². The van der Waals surface area contributed by atoms with Crippen molar-refractivity contribution in [1.29, 1.82) is 0 Å². The second-order valence-corrected chi connectivity index (χ2v) is 3.20. The van der Waals surface area contributed by atoms with E-state index in [4.69, 9.17) is 0 Å². The summed E-state index contributed by atoms with van der Waals surface area (Å²) in [6.07, 6.45) is 1.68. The molecule has 0 aliphatic rings. The van der Waals surface area contributed by atoms with Crippen LogP contribution in [0.5, 0.6) is 0 Å². The molecule has 3 heteroatoms. The average Bonchev–Trinajstić information content (AvgIpc) is 2.23. The Morgan fingerprint density at radius 1 is 1.29 bits per heavy atom. The first-order valence-electron chi connectivity index (χ1n) is 4.45. The van der Waals surface area contributed by atoms with Crippen LogP contribution < -0.4 is 5.32 Å². The van der Waals surface area contributed by atoms with Crippen LogP contribution in [-0.4, -0.2) is 12.0 Å². The third-order valence-corrected chi connectivity index (χ3v) is 2.31. The number of hydrogen-bond donors (Lipinski definition) is 1. The highest BCUT2D eigenvalue weighted by Crippen LogP contribution is 2.26. The van der Waals surface area contributed by atoms with Gasteiger partial charge in [-0.05, 0) is 24.6 Å². The maximum Gasteiger partial charge on any atom is 0.134 e. The van der Waals surface area contributed by atoms with Gasteiger partial charge in [0.2, 0.25) is 0 Å². The van der Waals surface area contributed by atoms with E-state index in [-0.39, 0.29) is 5.82 Å². The molecule has 0 radical (unpaired) electrons. The molecular formula is C11H11FN2. The van der Waals surface area contributed by atoms with Crippen molar-refractivity contribution in [2.45, 2.75) is 6.92 Å². The van der Waals surface area contributed by atoms with Crippen LogP contribution in [0.1, 0.15) is 5.56 Å². The molecule has 1 aromatic carbocycles. The summed E-state index contributed by atoms with van der Waals surface area (Å²) in [5.41, 5.74) is 2.48. The van der Waals surface area contributed by atoms with Crippen molar-refractivity contribution >= 4 is 16.6 Å². The lowest BCUT2D eigenvalue weighted by molar-refractivity contribution is 0.639. The first kappa shape index (κ1) is 8.94. The largest absolute Gasteiger partial charge is 0.387 e. The van der Waals surface area contributed by atoms with Crippen LogP contribution in [0, 0.1) is 12.7 Å². The smallest absolute Gasteiger partial charge is 0.134 e. The standard InChI is InChI=1S/C11H11FN2/c1-7-3-4-8(12)10-9(13-2)5-6-14-11(7)10/h3-6H,1-2H3,(H,13,14). The van der Waals surface area contributed by atoms with Gasteiger partial charge in [0.05, 0.1) is 10.9 Å². The molecule has 1 heterocycles. The van der Waals surface area contributed by atoms with Crippen LogP contribution in [0.25, 0.3) is 10.9 Å².